The van der Waals surface area contributed by atoms with Gasteiger partial charge in [0.25, 0.3) is 0 Å². The summed E-state index contributed by atoms with van der Waals surface area (Å²) in [6, 6.07) is 14.6. The summed E-state index contributed by atoms with van der Waals surface area (Å²) in [5.74, 6) is 0.305. The normalized spacial score (nSPS) is 19.7. The third-order valence-corrected chi connectivity index (χ3v) is 6.66. The fourth-order valence-electron chi connectivity index (χ4n) is 3.09. The second kappa shape index (κ2) is 7.33. The Morgan fingerprint density at radius 2 is 1.84 bits per heavy atom. The minimum absolute atomic E-state index is 0.00917. The lowest BCUT2D eigenvalue weighted by Crippen LogP contribution is -2.48. The fraction of sp³-hybridized carbons (Fsp3) is 0.333. The van der Waals surface area contributed by atoms with Crippen LogP contribution in [0.2, 0.25) is 5.02 Å². The van der Waals surface area contributed by atoms with Crippen molar-refractivity contribution in [2.24, 2.45) is 0 Å². The van der Waals surface area contributed by atoms with Crippen LogP contribution in [0.1, 0.15) is 11.6 Å². The Kier molecular flexibility index (Phi) is 5.34. The number of hydrogen-bond acceptors (Lipinski definition) is 4. The van der Waals surface area contributed by atoms with E-state index in [-0.39, 0.29) is 10.9 Å². The summed E-state index contributed by atoms with van der Waals surface area (Å²) in [5.41, 5.74) is 1.10. The van der Waals surface area contributed by atoms with Gasteiger partial charge in [-0.05, 0) is 30.8 Å². The Balaban J connectivity index is 1.94. The molecule has 0 amide bonds. The van der Waals surface area contributed by atoms with Crippen molar-refractivity contribution in [1.82, 2.24) is 9.21 Å². The molecule has 1 aliphatic heterocycles. The van der Waals surface area contributed by atoms with Gasteiger partial charge in [0, 0.05) is 30.7 Å². The van der Waals surface area contributed by atoms with E-state index in [0.29, 0.717) is 30.4 Å². The van der Waals surface area contributed by atoms with Gasteiger partial charge < -0.3 is 4.74 Å². The number of hydrogen-bond donors (Lipinski definition) is 0. The first kappa shape index (κ1) is 18.2. The van der Waals surface area contributed by atoms with E-state index in [1.165, 1.54) is 17.5 Å². The molecule has 25 heavy (non-hydrogen) atoms. The second-order valence-electron chi connectivity index (χ2n) is 6.07. The van der Waals surface area contributed by atoms with Crippen molar-refractivity contribution < 1.29 is 13.2 Å². The van der Waals surface area contributed by atoms with Crippen LogP contribution in [0.5, 0.6) is 5.75 Å². The number of nitrogens with zero attached hydrogens (tertiary/aromatic N) is 2. The molecule has 0 N–H and O–H groups in total. The smallest absolute Gasteiger partial charge is 0.246 e. The van der Waals surface area contributed by atoms with Crippen molar-refractivity contribution in [1.29, 1.82) is 0 Å². The van der Waals surface area contributed by atoms with E-state index >= 15 is 0 Å². The topological polar surface area (TPSA) is 49.9 Å². The summed E-state index contributed by atoms with van der Waals surface area (Å²) in [5, 5.41) is 0.369. The molecule has 2 aromatic rings. The zero-order chi connectivity index (χ0) is 18.0. The number of ether oxygens (including phenoxy) is 1. The molecule has 5 nitrogen and oxygen atoms in total. The number of rotatable bonds is 4. The van der Waals surface area contributed by atoms with E-state index in [9.17, 15) is 8.42 Å². The van der Waals surface area contributed by atoms with E-state index in [1.54, 1.807) is 12.1 Å². The van der Waals surface area contributed by atoms with Crippen molar-refractivity contribution in [3.8, 4) is 5.75 Å². The predicted molar refractivity (Wildman–Crippen MR) is 98.6 cm³/mol. The Morgan fingerprint density at radius 1 is 1.12 bits per heavy atom. The molecule has 0 radical (unpaired) electrons. The zero-order valence-corrected chi connectivity index (χ0v) is 15.8. The lowest BCUT2D eigenvalue weighted by molar-refractivity contribution is 0.148. The minimum atomic E-state index is -3.69. The van der Waals surface area contributed by atoms with Gasteiger partial charge in [0.05, 0.1) is 7.11 Å². The molecule has 7 heteroatoms. The molecule has 0 spiro atoms. The predicted octanol–water partition coefficient (Wildman–Crippen LogP) is 3.03. The third kappa shape index (κ3) is 3.67. The van der Waals surface area contributed by atoms with Crippen LogP contribution >= 0.6 is 11.6 Å². The van der Waals surface area contributed by atoms with Crippen LogP contribution in [0.25, 0.3) is 0 Å². The molecule has 1 heterocycles. The molecule has 1 saturated heterocycles. The Labute approximate surface area is 153 Å². The van der Waals surface area contributed by atoms with Gasteiger partial charge in [-0.3, -0.25) is 4.90 Å². The average molecular weight is 381 g/mol. The molecule has 0 aromatic heterocycles. The molecule has 1 aliphatic rings. The van der Waals surface area contributed by atoms with E-state index in [0.717, 1.165) is 5.56 Å². The van der Waals surface area contributed by atoms with Gasteiger partial charge >= 0.3 is 0 Å². The first-order valence-electron chi connectivity index (χ1n) is 8.02. The largest absolute Gasteiger partial charge is 0.495 e. The van der Waals surface area contributed by atoms with Crippen LogP contribution in [0.3, 0.4) is 0 Å². The maximum Gasteiger partial charge on any atom is 0.246 e. The van der Waals surface area contributed by atoms with Crippen LogP contribution in [0.4, 0.5) is 0 Å². The number of piperazine rings is 1. The molecule has 2 aromatic carbocycles. The SMILES string of the molecule is COc1ccc(Cl)cc1S(=O)(=O)N1CCN(C)C(c2ccccc2)C1. The lowest BCUT2D eigenvalue weighted by Gasteiger charge is -2.39. The average Bonchev–Trinajstić information content (AvgIpc) is 2.62. The van der Waals surface area contributed by atoms with Gasteiger partial charge in [-0.15, -0.1) is 0 Å². The van der Waals surface area contributed by atoms with E-state index in [1.807, 2.05) is 37.4 Å². The molecule has 3 rings (SSSR count). The first-order chi connectivity index (χ1) is 11.9. The summed E-state index contributed by atoms with van der Waals surface area (Å²) in [7, 11) is -0.222. The summed E-state index contributed by atoms with van der Waals surface area (Å²) < 4.78 is 33.1. The lowest BCUT2D eigenvalue weighted by atomic mass is 10.0. The molecule has 0 bridgehead atoms. The molecular weight excluding hydrogens is 360 g/mol. The number of methoxy groups -OCH3 is 1. The van der Waals surface area contributed by atoms with Crippen LogP contribution < -0.4 is 4.74 Å². The molecule has 1 atom stereocenters. The van der Waals surface area contributed by atoms with Gasteiger partial charge in [0.2, 0.25) is 10.0 Å². The summed E-state index contributed by atoms with van der Waals surface area (Å²) >= 11 is 6.02. The standard InChI is InChI=1S/C18H21ClN2O3S/c1-20-10-11-21(13-16(20)14-6-4-3-5-7-14)25(22,23)18-12-15(19)8-9-17(18)24-2/h3-9,12,16H,10-11,13H2,1-2H3. The minimum Gasteiger partial charge on any atom is -0.495 e. The van der Waals surface area contributed by atoms with E-state index in [4.69, 9.17) is 16.3 Å². The van der Waals surface area contributed by atoms with E-state index < -0.39 is 10.0 Å². The summed E-state index contributed by atoms with van der Waals surface area (Å²) in [6.07, 6.45) is 0. The van der Waals surface area contributed by atoms with Gasteiger partial charge in [0.1, 0.15) is 10.6 Å². The number of benzene rings is 2. The van der Waals surface area contributed by atoms with Gasteiger partial charge in [-0.2, -0.15) is 4.31 Å². The third-order valence-electron chi connectivity index (χ3n) is 4.54. The highest BCUT2D eigenvalue weighted by molar-refractivity contribution is 7.89. The Morgan fingerprint density at radius 3 is 2.52 bits per heavy atom. The first-order valence-corrected chi connectivity index (χ1v) is 9.84. The van der Waals surface area contributed by atoms with Crippen LogP contribution in [0, 0.1) is 0 Å². The van der Waals surface area contributed by atoms with Crippen molar-refractivity contribution in [3.05, 3.63) is 59.1 Å². The van der Waals surface area contributed by atoms with Gasteiger partial charge in [-0.25, -0.2) is 8.42 Å². The fourth-order valence-corrected chi connectivity index (χ4v) is 4.95. The quantitative estimate of drug-likeness (QED) is 0.818. The van der Waals surface area contributed by atoms with Gasteiger partial charge in [0.15, 0.2) is 0 Å². The highest BCUT2D eigenvalue weighted by Gasteiger charge is 2.35. The second-order valence-corrected chi connectivity index (χ2v) is 8.41. The number of sulfonamides is 1. The Bertz CT molecular complexity index is 843. The molecule has 0 saturated carbocycles. The maximum absolute atomic E-state index is 13.2. The molecule has 1 fully saturated rings. The number of halogens is 1. The van der Waals surface area contributed by atoms with Crippen LogP contribution in [-0.2, 0) is 10.0 Å². The van der Waals surface area contributed by atoms with Crippen LogP contribution in [-0.4, -0.2) is 51.4 Å². The summed E-state index contributed by atoms with van der Waals surface area (Å²) in [6.45, 7) is 1.47. The Hall–Kier alpha value is -1.60. The number of likely N-dealkylation sites (N-methyl/N-ethyl adjacent to an activating group) is 1. The maximum atomic E-state index is 13.2. The van der Waals surface area contributed by atoms with E-state index in [2.05, 4.69) is 4.90 Å². The molecule has 0 aliphatic carbocycles. The zero-order valence-electron chi connectivity index (χ0n) is 14.2. The summed E-state index contributed by atoms with van der Waals surface area (Å²) in [4.78, 5) is 2.29. The highest BCUT2D eigenvalue weighted by Crippen LogP contribution is 2.33. The molecule has 1 unspecified atom stereocenters. The monoisotopic (exact) mass is 380 g/mol. The molecule has 134 valence electrons. The molecular formula is C18H21ClN2O3S. The van der Waals surface area contributed by atoms with Gasteiger partial charge in [-0.1, -0.05) is 41.9 Å². The highest BCUT2D eigenvalue weighted by atomic mass is 35.5. The van der Waals surface area contributed by atoms with Crippen LogP contribution in [0.15, 0.2) is 53.4 Å². The van der Waals surface area contributed by atoms with Crippen molar-refractivity contribution in [2.75, 3.05) is 33.8 Å². The van der Waals surface area contributed by atoms with Crippen molar-refractivity contribution in [3.63, 3.8) is 0 Å². The van der Waals surface area contributed by atoms with Crippen molar-refractivity contribution >= 4 is 21.6 Å². The van der Waals surface area contributed by atoms with Crippen molar-refractivity contribution in [2.45, 2.75) is 10.9 Å².